The molecule has 0 aliphatic carbocycles. The Balaban J connectivity index is 1.70. The third-order valence-corrected chi connectivity index (χ3v) is 5.71. The minimum atomic E-state index is -1.35. The molecule has 0 bridgehead atoms. The van der Waals surface area contributed by atoms with E-state index in [1.54, 1.807) is 4.90 Å². The molecule has 6 nitrogen and oxygen atoms in total. The maximum atomic E-state index is 14.5. The summed E-state index contributed by atoms with van der Waals surface area (Å²) in [4.78, 5) is 3.54. The van der Waals surface area contributed by atoms with Gasteiger partial charge in [0.2, 0.25) is 0 Å². The lowest BCUT2D eigenvalue weighted by molar-refractivity contribution is -0.144. The van der Waals surface area contributed by atoms with Gasteiger partial charge in [0, 0.05) is 37.4 Å². The number of β-amino-alcohol motifs (C(OH)–C–C–N with tert-alkyl or cyclic N) is 1. The first-order valence-electron chi connectivity index (χ1n) is 9.54. The fourth-order valence-electron chi connectivity index (χ4n) is 4.05. The number of hydrogen-bond donors (Lipinski definition) is 4. The quantitative estimate of drug-likeness (QED) is 0.581. The van der Waals surface area contributed by atoms with E-state index in [1.165, 1.54) is 12.1 Å². The molecule has 8 heteroatoms. The molecule has 1 aromatic rings. The predicted molar refractivity (Wildman–Crippen MR) is 96.6 cm³/mol. The molecule has 2 aliphatic heterocycles. The van der Waals surface area contributed by atoms with Gasteiger partial charge in [0.05, 0.1) is 18.8 Å². The van der Waals surface area contributed by atoms with Crippen LogP contribution in [0.1, 0.15) is 24.8 Å². The standard InChI is InChI=1S/C19H28F2N2O4/c20-14-8-12(22-5-2-1-3-6-22)9-15(21)13(14)4-7-23-10-17(25)19(27)18(26)16(23)11-24/h8-9,16-19,24-27H,1-7,10-11H2/t16-,17+,18-,19-/m1/s1. The molecule has 0 radical (unpaired) electrons. The summed E-state index contributed by atoms with van der Waals surface area (Å²) in [5, 5.41) is 39.0. The summed E-state index contributed by atoms with van der Waals surface area (Å²) in [6.45, 7) is 1.32. The zero-order valence-electron chi connectivity index (χ0n) is 15.3. The Hall–Kier alpha value is -1.32. The highest BCUT2D eigenvalue weighted by atomic mass is 19.1. The number of likely N-dealkylation sites (tertiary alicyclic amines) is 1. The third kappa shape index (κ3) is 4.41. The van der Waals surface area contributed by atoms with Crippen LogP contribution in [-0.4, -0.2) is 82.5 Å². The highest BCUT2D eigenvalue weighted by Gasteiger charge is 2.40. The zero-order chi connectivity index (χ0) is 19.6. The number of hydrogen-bond acceptors (Lipinski definition) is 6. The Morgan fingerprint density at radius 1 is 0.963 bits per heavy atom. The van der Waals surface area contributed by atoms with Crippen molar-refractivity contribution in [3.63, 3.8) is 0 Å². The van der Waals surface area contributed by atoms with Crippen molar-refractivity contribution < 1.29 is 29.2 Å². The zero-order valence-corrected chi connectivity index (χ0v) is 15.3. The Bertz CT molecular complexity index is 619. The van der Waals surface area contributed by atoms with Gasteiger partial charge in [-0.25, -0.2) is 8.78 Å². The van der Waals surface area contributed by atoms with E-state index < -0.39 is 42.6 Å². The normalized spacial score (nSPS) is 29.9. The minimum Gasteiger partial charge on any atom is -0.395 e. The molecule has 2 fully saturated rings. The fraction of sp³-hybridized carbons (Fsp3) is 0.684. The van der Waals surface area contributed by atoms with E-state index in [4.69, 9.17) is 0 Å². The van der Waals surface area contributed by atoms with Crippen LogP contribution in [0.4, 0.5) is 14.5 Å². The topological polar surface area (TPSA) is 87.4 Å². The molecule has 2 saturated heterocycles. The van der Waals surface area contributed by atoms with Crippen LogP contribution in [0.3, 0.4) is 0 Å². The monoisotopic (exact) mass is 386 g/mol. The summed E-state index contributed by atoms with van der Waals surface area (Å²) in [7, 11) is 0. The number of halogens is 2. The smallest absolute Gasteiger partial charge is 0.131 e. The van der Waals surface area contributed by atoms with Gasteiger partial charge in [-0.3, -0.25) is 4.90 Å². The van der Waals surface area contributed by atoms with Crippen molar-refractivity contribution in [2.45, 2.75) is 50.0 Å². The molecule has 0 saturated carbocycles. The summed E-state index contributed by atoms with van der Waals surface area (Å²) in [6.07, 6.45) is -0.667. The van der Waals surface area contributed by atoms with Crippen LogP contribution < -0.4 is 4.90 Å². The maximum Gasteiger partial charge on any atom is 0.131 e. The summed E-state index contributed by atoms with van der Waals surface area (Å²) in [6, 6.07) is 1.93. The van der Waals surface area contributed by atoms with Crippen molar-refractivity contribution in [3.05, 3.63) is 29.3 Å². The average molecular weight is 386 g/mol. The summed E-state index contributed by atoms with van der Waals surface area (Å²) < 4.78 is 29.1. The molecule has 0 amide bonds. The van der Waals surface area contributed by atoms with Crippen molar-refractivity contribution in [3.8, 4) is 0 Å². The highest BCUT2D eigenvalue weighted by molar-refractivity contribution is 5.49. The second-order valence-corrected chi connectivity index (χ2v) is 7.48. The van der Waals surface area contributed by atoms with Gasteiger partial charge in [0.1, 0.15) is 23.8 Å². The Morgan fingerprint density at radius 3 is 2.19 bits per heavy atom. The molecule has 27 heavy (non-hydrogen) atoms. The first kappa shape index (κ1) is 20.4. The SMILES string of the molecule is OC[C@@H]1[C@@H](O)[C@H](O)[C@@H](O)CN1CCc1c(F)cc(N2CCCCC2)cc1F. The van der Waals surface area contributed by atoms with E-state index in [-0.39, 0.29) is 25.1 Å². The molecule has 4 atom stereocenters. The number of nitrogens with zero attached hydrogens (tertiary/aromatic N) is 2. The van der Waals surface area contributed by atoms with Gasteiger partial charge < -0.3 is 25.3 Å². The van der Waals surface area contributed by atoms with E-state index in [0.717, 1.165) is 32.4 Å². The lowest BCUT2D eigenvalue weighted by Crippen LogP contribution is -2.62. The van der Waals surface area contributed by atoms with Crippen LogP contribution in [0.2, 0.25) is 0 Å². The van der Waals surface area contributed by atoms with Crippen LogP contribution in [0.25, 0.3) is 0 Å². The van der Waals surface area contributed by atoms with Gasteiger partial charge >= 0.3 is 0 Å². The molecule has 2 heterocycles. The molecule has 152 valence electrons. The Kier molecular flexibility index (Phi) is 6.65. The van der Waals surface area contributed by atoms with Crippen molar-refractivity contribution >= 4 is 5.69 Å². The molecular formula is C19H28F2N2O4. The number of anilines is 1. The second kappa shape index (κ2) is 8.79. The molecule has 0 unspecified atom stereocenters. The van der Waals surface area contributed by atoms with Crippen LogP contribution in [0, 0.1) is 11.6 Å². The van der Waals surface area contributed by atoms with Crippen LogP contribution in [-0.2, 0) is 6.42 Å². The number of aliphatic hydroxyl groups excluding tert-OH is 4. The van der Waals surface area contributed by atoms with E-state index in [2.05, 4.69) is 0 Å². The third-order valence-electron chi connectivity index (χ3n) is 5.71. The van der Waals surface area contributed by atoms with Crippen LogP contribution in [0.15, 0.2) is 12.1 Å². The Morgan fingerprint density at radius 2 is 1.59 bits per heavy atom. The van der Waals surface area contributed by atoms with Gasteiger partial charge in [0.15, 0.2) is 0 Å². The fourth-order valence-corrected chi connectivity index (χ4v) is 4.05. The summed E-state index contributed by atoms with van der Waals surface area (Å²) >= 11 is 0. The van der Waals surface area contributed by atoms with Crippen molar-refractivity contribution in [2.75, 3.05) is 37.7 Å². The van der Waals surface area contributed by atoms with Crippen molar-refractivity contribution in [1.82, 2.24) is 4.90 Å². The van der Waals surface area contributed by atoms with E-state index in [9.17, 15) is 29.2 Å². The van der Waals surface area contributed by atoms with Gasteiger partial charge in [-0.2, -0.15) is 0 Å². The number of aliphatic hydroxyl groups is 4. The first-order chi connectivity index (χ1) is 12.9. The molecule has 0 aromatic heterocycles. The van der Waals surface area contributed by atoms with E-state index in [1.807, 2.05) is 4.90 Å². The second-order valence-electron chi connectivity index (χ2n) is 7.48. The molecule has 0 spiro atoms. The highest BCUT2D eigenvalue weighted by Crippen LogP contribution is 2.26. The maximum absolute atomic E-state index is 14.5. The van der Waals surface area contributed by atoms with E-state index >= 15 is 0 Å². The summed E-state index contributed by atoms with van der Waals surface area (Å²) in [5.41, 5.74) is 0.496. The number of rotatable bonds is 5. The summed E-state index contributed by atoms with van der Waals surface area (Å²) in [5.74, 6) is -1.23. The Labute approximate surface area is 157 Å². The van der Waals surface area contributed by atoms with Crippen LogP contribution in [0.5, 0.6) is 0 Å². The minimum absolute atomic E-state index is 0.0125. The largest absolute Gasteiger partial charge is 0.395 e. The van der Waals surface area contributed by atoms with Crippen molar-refractivity contribution in [1.29, 1.82) is 0 Å². The molecule has 3 rings (SSSR count). The first-order valence-corrected chi connectivity index (χ1v) is 9.54. The lowest BCUT2D eigenvalue weighted by atomic mass is 9.93. The number of piperidine rings is 2. The van der Waals surface area contributed by atoms with Crippen molar-refractivity contribution in [2.24, 2.45) is 0 Å². The predicted octanol–water partition coefficient (Wildman–Crippen LogP) is 0.257. The molecule has 2 aliphatic rings. The van der Waals surface area contributed by atoms with E-state index in [0.29, 0.717) is 5.69 Å². The average Bonchev–Trinajstić information content (AvgIpc) is 2.66. The van der Waals surface area contributed by atoms with Gasteiger partial charge in [0.25, 0.3) is 0 Å². The van der Waals surface area contributed by atoms with Gasteiger partial charge in [-0.1, -0.05) is 0 Å². The molecule has 1 aromatic carbocycles. The lowest BCUT2D eigenvalue weighted by Gasteiger charge is -2.43. The molecular weight excluding hydrogens is 358 g/mol. The molecule has 4 N–H and O–H groups in total. The van der Waals surface area contributed by atoms with Gasteiger partial charge in [-0.15, -0.1) is 0 Å². The van der Waals surface area contributed by atoms with Gasteiger partial charge in [-0.05, 0) is 37.8 Å². The number of benzene rings is 1. The van der Waals surface area contributed by atoms with Crippen LogP contribution >= 0.6 is 0 Å².